The maximum Gasteiger partial charge on any atom is 0.0510 e. The van der Waals surface area contributed by atoms with E-state index in [0.29, 0.717) is 12.0 Å². The van der Waals surface area contributed by atoms with E-state index in [1.54, 1.807) is 0 Å². The van der Waals surface area contributed by atoms with Crippen LogP contribution in [0.1, 0.15) is 32.6 Å². The van der Waals surface area contributed by atoms with Gasteiger partial charge in [0.25, 0.3) is 0 Å². The van der Waals surface area contributed by atoms with E-state index < -0.39 is 0 Å². The van der Waals surface area contributed by atoms with Gasteiger partial charge >= 0.3 is 0 Å². The lowest BCUT2D eigenvalue weighted by atomic mass is 9.83. The summed E-state index contributed by atoms with van der Waals surface area (Å²) < 4.78 is 5.39. The summed E-state index contributed by atoms with van der Waals surface area (Å²) in [4.78, 5) is 0. The Balaban J connectivity index is 1.91. The largest absolute Gasteiger partial charge is 0.381 e. The lowest BCUT2D eigenvalue weighted by Gasteiger charge is -2.27. The van der Waals surface area contributed by atoms with E-state index in [0.717, 1.165) is 25.0 Å². The van der Waals surface area contributed by atoms with Crippen molar-refractivity contribution in [2.24, 2.45) is 23.5 Å². The monoisotopic (exact) mass is 183 g/mol. The van der Waals surface area contributed by atoms with Crippen LogP contribution in [-0.2, 0) is 4.74 Å². The third-order valence-electron chi connectivity index (χ3n) is 3.93. The summed E-state index contributed by atoms with van der Waals surface area (Å²) in [5.74, 6) is 2.26. The van der Waals surface area contributed by atoms with Gasteiger partial charge in [0.1, 0.15) is 0 Å². The van der Waals surface area contributed by atoms with Gasteiger partial charge in [-0.3, -0.25) is 0 Å². The van der Waals surface area contributed by atoms with Crippen molar-refractivity contribution >= 4 is 0 Å². The zero-order chi connectivity index (χ0) is 9.26. The molecule has 0 radical (unpaired) electrons. The van der Waals surface area contributed by atoms with Crippen molar-refractivity contribution in [1.29, 1.82) is 0 Å². The van der Waals surface area contributed by atoms with Gasteiger partial charge in [0.2, 0.25) is 0 Å². The fourth-order valence-electron chi connectivity index (χ4n) is 2.95. The van der Waals surface area contributed by atoms with Crippen LogP contribution in [0.4, 0.5) is 0 Å². The van der Waals surface area contributed by atoms with Gasteiger partial charge in [0.15, 0.2) is 0 Å². The molecule has 1 aliphatic heterocycles. The molecule has 1 saturated carbocycles. The Morgan fingerprint density at radius 1 is 1.31 bits per heavy atom. The number of hydrogen-bond acceptors (Lipinski definition) is 2. The fraction of sp³-hybridized carbons (Fsp3) is 1.00. The smallest absolute Gasteiger partial charge is 0.0510 e. The predicted octanol–water partition coefficient (Wildman–Crippen LogP) is 1.79. The molecule has 1 heterocycles. The van der Waals surface area contributed by atoms with E-state index in [4.69, 9.17) is 10.5 Å². The van der Waals surface area contributed by atoms with Crippen LogP contribution in [0, 0.1) is 17.8 Å². The maximum absolute atomic E-state index is 6.29. The van der Waals surface area contributed by atoms with E-state index >= 15 is 0 Å². The van der Waals surface area contributed by atoms with Crippen LogP contribution in [0.25, 0.3) is 0 Å². The van der Waals surface area contributed by atoms with E-state index in [1.807, 2.05) is 0 Å². The van der Waals surface area contributed by atoms with E-state index in [9.17, 15) is 0 Å². The molecular formula is C11H21NO. The second-order valence-corrected chi connectivity index (χ2v) is 4.77. The Labute approximate surface area is 80.8 Å². The molecule has 4 unspecified atom stereocenters. The number of hydrogen-bond donors (Lipinski definition) is 1. The molecule has 0 aromatic heterocycles. The number of rotatable bonds is 2. The first-order chi connectivity index (χ1) is 6.29. The summed E-state index contributed by atoms with van der Waals surface area (Å²) in [6.07, 6.45) is 5.29. The fourth-order valence-corrected chi connectivity index (χ4v) is 2.95. The quantitative estimate of drug-likeness (QED) is 0.708. The van der Waals surface area contributed by atoms with Gasteiger partial charge in [0, 0.05) is 12.6 Å². The molecule has 0 aromatic rings. The Hall–Kier alpha value is -0.0800. The minimum Gasteiger partial charge on any atom is -0.381 e. The second kappa shape index (κ2) is 3.97. The van der Waals surface area contributed by atoms with Crippen molar-refractivity contribution in [3.05, 3.63) is 0 Å². The molecule has 2 fully saturated rings. The first-order valence-corrected chi connectivity index (χ1v) is 5.62. The molecular weight excluding hydrogens is 162 g/mol. The van der Waals surface area contributed by atoms with E-state index in [1.165, 1.54) is 25.7 Å². The van der Waals surface area contributed by atoms with Gasteiger partial charge in [-0.2, -0.15) is 0 Å². The van der Waals surface area contributed by atoms with Crippen LogP contribution >= 0.6 is 0 Å². The summed E-state index contributed by atoms with van der Waals surface area (Å²) >= 11 is 0. The molecule has 1 saturated heterocycles. The van der Waals surface area contributed by atoms with Gasteiger partial charge in [-0.15, -0.1) is 0 Å². The van der Waals surface area contributed by atoms with Crippen LogP contribution in [0.3, 0.4) is 0 Å². The highest BCUT2D eigenvalue weighted by atomic mass is 16.5. The summed E-state index contributed by atoms with van der Waals surface area (Å²) in [7, 11) is 0. The molecule has 2 aliphatic rings. The molecule has 13 heavy (non-hydrogen) atoms. The lowest BCUT2D eigenvalue weighted by Crippen LogP contribution is -2.39. The Morgan fingerprint density at radius 3 is 2.69 bits per heavy atom. The molecule has 2 N–H and O–H groups in total. The molecule has 4 atom stereocenters. The molecule has 0 amide bonds. The van der Waals surface area contributed by atoms with E-state index in [-0.39, 0.29) is 0 Å². The van der Waals surface area contributed by atoms with Crippen LogP contribution in [0.15, 0.2) is 0 Å². The minimum atomic E-state index is 0.403. The van der Waals surface area contributed by atoms with Crippen LogP contribution in [0.5, 0.6) is 0 Å². The van der Waals surface area contributed by atoms with Gasteiger partial charge in [0.05, 0.1) is 6.61 Å². The van der Waals surface area contributed by atoms with Crippen molar-refractivity contribution < 1.29 is 4.74 Å². The third kappa shape index (κ3) is 1.89. The first kappa shape index (κ1) is 9.47. The number of nitrogens with two attached hydrogens (primary N) is 1. The topological polar surface area (TPSA) is 35.2 Å². The average molecular weight is 183 g/mol. The zero-order valence-corrected chi connectivity index (χ0v) is 8.54. The summed E-state index contributed by atoms with van der Waals surface area (Å²) in [5, 5.41) is 0. The highest BCUT2D eigenvalue weighted by molar-refractivity contribution is 4.88. The highest BCUT2D eigenvalue weighted by Crippen LogP contribution is 2.36. The second-order valence-electron chi connectivity index (χ2n) is 4.77. The summed E-state index contributed by atoms with van der Waals surface area (Å²) in [6.45, 7) is 4.19. The zero-order valence-electron chi connectivity index (χ0n) is 8.54. The van der Waals surface area contributed by atoms with Crippen molar-refractivity contribution in [2.75, 3.05) is 13.2 Å². The third-order valence-corrected chi connectivity index (χ3v) is 3.93. The maximum atomic E-state index is 6.29. The molecule has 0 aromatic carbocycles. The lowest BCUT2D eigenvalue weighted by molar-refractivity contribution is 0.168. The molecule has 2 nitrogen and oxygen atoms in total. The van der Waals surface area contributed by atoms with Crippen molar-refractivity contribution in [1.82, 2.24) is 0 Å². The van der Waals surface area contributed by atoms with Crippen LogP contribution in [0.2, 0.25) is 0 Å². The van der Waals surface area contributed by atoms with Crippen molar-refractivity contribution in [3.8, 4) is 0 Å². The average Bonchev–Trinajstić information content (AvgIpc) is 2.72. The SMILES string of the molecule is CC1CCCC1C(N)C1CCOC1. The van der Waals surface area contributed by atoms with Gasteiger partial charge in [-0.25, -0.2) is 0 Å². The Morgan fingerprint density at radius 2 is 2.15 bits per heavy atom. The van der Waals surface area contributed by atoms with Gasteiger partial charge < -0.3 is 10.5 Å². The van der Waals surface area contributed by atoms with Crippen molar-refractivity contribution in [2.45, 2.75) is 38.6 Å². The Bertz CT molecular complexity index is 165. The molecule has 76 valence electrons. The molecule has 0 spiro atoms. The molecule has 2 rings (SSSR count). The number of ether oxygens (including phenoxy) is 1. The summed E-state index contributed by atoms with van der Waals surface area (Å²) in [6, 6.07) is 0.403. The predicted molar refractivity (Wildman–Crippen MR) is 53.4 cm³/mol. The minimum absolute atomic E-state index is 0.403. The first-order valence-electron chi connectivity index (χ1n) is 5.62. The molecule has 1 aliphatic carbocycles. The summed E-state index contributed by atoms with van der Waals surface area (Å²) in [5.41, 5.74) is 6.29. The highest BCUT2D eigenvalue weighted by Gasteiger charge is 2.34. The Kier molecular flexibility index (Phi) is 2.89. The molecule has 2 heteroatoms. The van der Waals surface area contributed by atoms with Crippen LogP contribution < -0.4 is 5.73 Å². The van der Waals surface area contributed by atoms with Gasteiger partial charge in [-0.1, -0.05) is 19.8 Å². The standard InChI is InChI=1S/C11H21NO/c1-8-3-2-4-10(8)11(12)9-5-6-13-7-9/h8-11H,2-7,12H2,1H3. The van der Waals surface area contributed by atoms with E-state index in [2.05, 4.69) is 6.92 Å². The van der Waals surface area contributed by atoms with Gasteiger partial charge in [-0.05, 0) is 30.6 Å². The molecule has 0 bridgehead atoms. The van der Waals surface area contributed by atoms with Crippen LogP contribution in [-0.4, -0.2) is 19.3 Å². The van der Waals surface area contributed by atoms with Crippen molar-refractivity contribution in [3.63, 3.8) is 0 Å². The normalized spacial score (nSPS) is 42.5.